The Morgan fingerprint density at radius 1 is 0.800 bits per heavy atom. The van der Waals surface area contributed by atoms with Crippen molar-refractivity contribution in [3.8, 4) is 0 Å². The van der Waals surface area contributed by atoms with Gasteiger partial charge >= 0.3 is 6.03 Å². The Morgan fingerprint density at radius 3 is 2.27 bits per heavy atom. The van der Waals surface area contributed by atoms with Crippen LogP contribution in [0.5, 0.6) is 0 Å². The predicted molar refractivity (Wildman–Crippen MR) is 121 cm³/mol. The zero-order chi connectivity index (χ0) is 20.3. The molecule has 1 saturated heterocycles. The highest BCUT2D eigenvalue weighted by molar-refractivity contribution is 5.76. The third-order valence-corrected chi connectivity index (χ3v) is 7.38. The molecule has 1 aliphatic carbocycles. The lowest BCUT2D eigenvalue weighted by Gasteiger charge is -2.45. The van der Waals surface area contributed by atoms with Gasteiger partial charge in [0.1, 0.15) is 0 Å². The van der Waals surface area contributed by atoms with Gasteiger partial charge in [0.15, 0.2) is 0 Å². The number of hydrogen-bond donors (Lipinski definition) is 1. The normalized spacial score (nSPS) is 24.2. The molecule has 30 heavy (non-hydrogen) atoms. The first kappa shape index (κ1) is 19.6. The topological polar surface area (TPSA) is 35.6 Å². The van der Waals surface area contributed by atoms with Crippen LogP contribution in [0.2, 0.25) is 0 Å². The molecule has 2 fully saturated rings. The molecule has 1 atom stereocenters. The maximum absolute atomic E-state index is 13.4. The van der Waals surface area contributed by atoms with E-state index in [9.17, 15) is 4.79 Å². The molecule has 2 aromatic carbocycles. The van der Waals surface area contributed by atoms with E-state index in [0.29, 0.717) is 6.54 Å². The highest BCUT2D eigenvalue weighted by Gasteiger charge is 2.37. The van der Waals surface area contributed by atoms with Crippen LogP contribution in [-0.2, 0) is 6.42 Å². The van der Waals surface area contributed by atoms with E-state index in [1.54, 1.807) is 0 Å². The average molecular weight is 404 g/mol. The molecule has 158 valence electrons. The number of carbonyl (C=O) groups is 1. The van der Waals surface area contributed by atoms with Gasteiger partial charge in [0.05, 0.1) is 6.04 Å². The number of piperidine rings is 1. The summed E-state index contributed by atoms with van der Waals surface area (Å²) in [5.41, 5.74) is 3.84. The number of amides is 2. The van der Waals surface area contributed by atoms with E-state index in [4.69, 9.17) is 0 Å². The lowest BCUT2D eigenvalue weighted by molar-refractivity contribution is 0.0837. The third-order valence-electron chi connectivity index (χ3n) is 7.38. The number of benzene rings is 2. The third kappa shape index (κ3) is 3.85. The lowest BCUT2D eigenvalue weighted by atomic mass is 9.88. The van der Waals surface area contributed by atoms with Crippen molar-refractivity contribution in [1.29, 1.82) is 0 Å². The van der Waals surface area contributed by atoms with E-state index in [1.165, 1.54) is 42.4 Å². The van der Waals surface area contributed by atoms with Crippen LogP contribution in [0.25, 0.3) is 0 Å². The number of rotatable bonds is 3. The molecule has 0 aromatic heterocycles. The Hall–Kier alpha value is -2.33. The lowest BCUT2D eigenvalue weighted by Crippen LogP contribution is -2.54. The molecule has 0 radical (unpaired) electrons. The van der Waals surface area contributed by atoms with Crippen LogP contribution >= 0.6 is 0 Å². The highest BCUT2D eigenvalue weighted by atomic mass is 16.2. The number of nitrogens with zero attached hydrogens (tertiary/aromatic N) is 2. The van der Waals surface area contributed by atoms with Crippen LogP contribution in [0.15, 0.2) is 54.6 Å². The van der Waals surface area contributed by atoms with Gasteiger partial charge in [0, 0.05) is 31.7 Å². The predicted octanol–water partition coefficient (Wildman–Crippen LogP) is 4.75. The van der Waals surface area contributed by atoms with Gasteiger partial charge in [-0.05, 0) is 48.8 Å². The van der Waals surface area contributed by atoms with Crippen LogP contribution in [0.3, 0.4) is 0 Å². The van der Waals surface area contributed by atoms with E-state index in [2.05, 4.69) is 69.7 Å². The number of nitrogens with one attached hydrogen (secondary N) is 1. The van der Waals surface area contributed by atoms with Crippen LogP contribution in [0.4, 0.5) is 4.79 Å². The van der Waals surface area contributed by atoms with Crippen molar-refractivity contribution >= 4 is 6.03 Å². The number of urea groups is 1. The maximum Gasteiger partial charge on any atom is 0.318 e. The molecule has 5 rings (SSSR count). The fourth-order valence-corrected chi connectivity index (χ4v) is 5.84. The minimum absolute atomic E-state index is 0.0225. The molecule has 2 aromatic rings. The standard InChI is InChI=1S/C26H33N3O/c30-26-27-17-14-20-8-4-7-13-24(20)25(21-9-2-1-3-10-21)29(26)23-15-18-28(19-16-23)22-11-5-6-12-22/h1-4,7-10,13,22-23,25H,5-6,11-12,14-19H2,(H,27,30). The fraction of sp³-hybridized carbons (Fsp3) is 0.500. The quantitative estimate of drug-likeness (QED) is 0.803. The summed E-state index contributed by atoms with van der Waals surface area (Å²) in [6.07, 6.45) is 8.49. The molecular weight excluding hydrogens is 370 g/mol. The molecule has 4 heteroatoms. The van der Waals surface area contributed by atoms with Crippen molar-refractivity contribution in [3.05, 3.63) is 71.3 Å². The zero-order valence-corrected chi connectivity index (χ0v) is 17.8. The first-order chi connectivity index (χ1) is 14.8. The van der Waals surface area contributed by atoms with Crippen molar-refractivity contribution in [3.63, 3.8) is 0 Å². The van der Waals surface area contributed by atoms with Gasteiger partial charge in [0.25, 0.3) is 0 Å². The Morgan fingerprint density at radius 2 is 1.50 bits per heavy atom. The molecule has 3 aliphatic rings. The van der Waals surface area contributed by atoms with Gasteiger partial charge < -0.3 is 15.1 Å². The minimum atomic E-state index is -0.0225. The number of carbonyl (C=O) groups excluding carboxylic acids is 1. The highest BCUT2D eigenvalue weighted by Crippen LogP contribution is 2.37. The molecule has 2 heterocycles. The molecule has 1 unspecified atom stereocenters. The summed E-state index contributed by atoms with van der Waals surface area (Å²) < 4.78 is 0. The SMILES string of the molecule is O=C1NCCc2ccccc2C(c2ccccc2)N1C1CCN(C2CCCC2)CC1. The Labute approximate surface area is 180 Å². The van der Waals surface area contributed by atoms with Crippen LogP contribution < -0.4 is 5.32 Å². The summed E-state index contributed by atoms with van der Waals surface area (Å²) in [5, 5.41) is 3.21. The Bertz CT molecular complexity index is 854. The van der Waals surface area contributed by atoms with Gasteiger partial charge in [-0.1, -0.05) is 67.4 Å². The summed E-state index contributed by atoms with van der Waals surface area (Å²) in [6, 6.07) is 20.4. The van der Waals surface area contributed by atoms with Crippen LogP contribution in [0.1, 0.15) is 61.3 Å². The Kier molecular flexibility index (Phi) is 5.76. The van der Waals surface area contributed by atoms with E-state index < -0.39 is 0 Å². The first-order valence-electron chi connectivity index (χ1n) is 11.7. The molecule has 0 spiro atoms. The maximum atomic E-state index is 13.4. The molecule has 2 amide bonds. The largest absolute Gasteiger partial charge is 0.338 e. The van der Waals surface area contributed by atoms with Crippen molar-refractivity contribution in [1.82, 2.24) is 15.1 Å². The van der Waals surface area contributed by atoms with Crippen molar-refractivity contribution < 1.29 is 4.79 Å². The number of likely N-dealkylation sites (tertiary alicyclic amines) is 1. The smallest absolute Gasteiger partial charge is 0.318 e. The van der Waals surface area contributed by atoms with Crippen molar-refractivity contribution in [2.24, 2.45) is 0 Å². The van der Waals surface area contributed by atoms with Crippen LogP contribution in [0, 0.1) is 0 Å². The Balaban J connectivity index is 1.47. The van der Waals surface area contributed by atoms with Gasteiger partial charge in [-0.2, -0.15) is 0 Å². The van der Waals surface area contributed by atoms with Gasteiger partial charge in [-0.3, -0.25) is 0 Å². The zero-order valence-electron chi connectivity index (χ0n) is 17.8. The van der Waals surface area contributed by atoms with Crippen molar-refractivity contribution in [2.75, 3.05) is 19.6 Å². The average Bonchev–Trinajstić information content (AvgIpc) is 3.32. The summed E-state index contributed by atoms with van der Waals surface area (Å²) in [5.74, 6) is 0. The van der Waals surface area contributed by atoms with Crippen molar-refractivity contribution in [2.45, 2.75) is 63.1 Å². The van der Waals surface area contributed by atoms with Gasteiger partial charge in [-0.15, -0.1) is 0 Å². The summed E-state index contributed by atoms with van der Waals surface area (Å²) in [6.45, 7) is 2.93. The van der Waals surface area contributed by atoms with Crippen LogP contribution in [-0.4, -0.2) is 47.5 Å². The number of fused-ring (bicyclic) bond motifs is 1. The summed E-state index contributed by atoms with van der Waals surface area (Å²) in [7, 11) is 0. The monoisotopic (exact) mass is 403 g/mol. The molecule has 2 aliphatic heterocycles. The molecule has 1 N–H and O–H groups in total. The molecule has 1 saturated carbocycles. The second-order valence-corrected chi connectivity index (χ2v) is 9.11. The van der Waals surface area contributed by atoms with Gasteiger partial charge in [-0.25, -0.2) is 4.79 Å². The molecule has 4 nitrogen and oxygen atoms in total. The van der Waals surface area contributed by atoms with E-state index >= 15 is 0 Å². The minimum Gasteiger partial charge on any atom is -0.338 e. The van der Waals surface area contributed by atoms with Gasteiger partial charge in [0.2, 0.25) is 0 Å². The summed E-state index contributed by atoms with van der Waals surface area (Å²) in [4.78, 5) is 18.3. The first-order valence-corrected chi connectivity index (χ1v) is 11.7. The fourth-order valence-electron chi connectivity index (χ4n) is 5.84. The second-order valence-electron chi connectivity index (χ2n) is 9.11. The van der Waals surface area contributed by atoms with E-state index in [-0.39, 0.29) is 18.1 Å². The molecular formula is C26H33N3O. The second kappa shape index (κ2) is 8.81. The van der Waals surface area contributed by atoms with E-state index in [1.807, 2.05) is 0 Å². The molecule has 0 bridgehead atoms. The number of hydrogen-bond acceptors (Lipinski definition) is 2. The van der Waals surface area contributed by atoms with E-state index in [0.717, 1.165) is 38.4 Å². The summed E-state index contributed by atoms with van der Waals surface area (Å²) >= 11 is 0.